The van der Waals surface area contributed by atoms with Gasteiger partial charge in [-0.2, -0.15) is 13.2 Å². The summed E-state index contributed by atoms with van der Waals surface area (Å²) in [6, 6.07) is 7.05. The molecule has 0 N–H and O–H groups in total. The van der Waals surface area contributed by atoms with Gasteiger partial charge in [0.25, 0.3) is 0 Å². The van der Waals surface area contributed by atoms with Crippen molar-refractivity contribution in [1.29, 1.82) is 0 Å². The molecule has 0 spiro atoms. The molecule has 1 aliphatic rings. The molecule has 0 saturated heterocycles. The fourth-order valence-corrected chi connectivity index (χ4v) is 1.95. The fourth-order valence-electron chi connectivity index (χ4n) is 1.95. The van der Waals surface area contributed by atoms with Crippen molar-refractivity contribution in [3.05, 3.63) is 35.9 Å². The summed E-state index contributed by atoms with van der Waals surface area (Å²) in [5, 5.41) is 0. The molecule has 6 heteroatoms. The zero-order valence-corrected chi connectivity index (χ0v) is 14.0. The number of benzene rings is 1. The smallest absolute Gasteiger partial charge is 0.401 e. The Hall–Kier alpha value is -0.546. The predicted octanol–water partition coefficient (Wildman–Crippen LogP) is 3.32. The second-order valence-corrected chi connectivity index (χ2v) is 3.76. The first kappa shape index (κ1) is 17.5. The Kier molecular flexibility index (Phi) is 7.03. The molecule has 0 aromatic heterocycles. The summed E-state index contributed by atoms with van der Waals surface area (Å²) in [7, 11) is 0. The first-order valence-electron chi connectivity index (χ1n) is 6.47. The van der Waals surface area contributed by atoms with Gasteiger partial charge in [-0.3, -0.25) is 11.3 Å². The summed E-state index contributed by atoms with van der Waals surface area (Å²) in [6.07, 6.45) is -2.71. The number of hydrogen-bond acceptors (Lipinski definition) is 2. The van der Waals surface area contributed by atoms with E-state index >= 15 is 0 Å². The van der Waals surface area contributed by atoms with Crippen molar-refractivity contribution in [3.63, 3.8) is 0 Å². The summed E-state index contributed by atoms with van der Waals surface area (Å²) in [5.74, 6) is -1.67. The molecular formula is C14H15F3NOY-. The van der Waals surface area contributed by atoms with Crippen molar-refractivity contribution in [3.8, 4) is 0 Å². The van der Waals surface area contributed by atoms with E-state index in [1.807, 2.05) is 13.8 Å². The van der Waals surface area contributed by atoms with Crippen LogP contribution in [-0.4, -0.2) is 25.2 Å². The molecule has 1 aromatic rings. The van der Waals surface area contributed by atoms with Crippen LogP contribution < -0.4 is 0 Å². The molecule has 20 heavy (non-hydrogen) atoms. The SMILES string of the molecule is CC.[3H]C1N=CC(c2ccccc2)(C(F)(F)F)C1[C-]=O.[Y]. The zero-order valence-electron chi connectivity index (χ0n) is 12.2. The Morgan fingerprint density at radius 2 is 1.90 bits per heavy atom. The van der Waals surface area contributed by atoms with Crippen molar-refractivity contribution >= 4 is 12.5 Å². The standard InChI is InChI=1S/C12H9F3NO.C2H6.Y/c13-12(14,15)11(8-16-6-10(11)7-17)9-4-2-1-3-5-9;1-2;/h1-5,8,10H,6H2;1-2H3;/q-1;;/i6T;;. The Balaban J connectivity index is 0.00000128. The van der Waals surface area contributed by atoms with Crippen LogP contribution in [-0.2, 0) is 42.9 Å². The summed E-state index contributed by atoms with van der Waals surface area (Å²) < 4.78 is 47.5. The van der Waals surface area contributed by atoms with Gasteiger partial charge in [0.1, 0.15) is 5.41 Å². The van der Waals surface area contributed by atoms with E-state index < -0.39 is 24.0 Å². The monoisotopic (exact) mass is 361 g/mol. The van der Waals surface area contributed by atoms with E-state index in [9.17, 15) is 18.0 Å². The first-order valence-corrected chi connectivity index (χ1v) is 5.90. The van der Waals surface area contributed by atoms with Crippen molar-refractivity contribution in [2.75, 3.05) is 6.52 Å². The maximum Gasteiger partial charge on any atom is 0.401 e. The normalized spacial score (nSPS) is 28.8. The molecule has 0 bridgehead atoms. The molecule has 1 aromatic carbocycles. The van der Waals surface area contributed by atoms with Crippen molar-refractivity contribution in [2.45, 2.75) is 25.4 Å². The van der Waals surface area contributed by atoms with Crippen LogP contribution in [0.25, 0.3) is 0 Å². The van der Waals surface area contributed by atoms with Gasteiger partial charge >= 0.3 is 6.18 Å². The number of hydrogen-bond donors (Lipinski definition) is 0. The molecule has 0 amide bonds. The van der Waals surface area contributed by atoms with E-state index in [-0.39, 0.29) is 38.3 Å². The maximum absolute atomic E-state index is 13.4. The molecule has 107 valence electrons. The van der Waals surface area contributed by atoms with Crippen LogP contribution in [0.4, 0.5) is 13.2 Å². The number of carbonyl (C=O) groups excluding carboxylic acids is 1. The molecule has 0 aliphatic carbocycles. The van der Waals surface area contributed by atoms with Crippen LogP contribution in [0.2, 0.25) is 0 Å². The maximum atomic E-state index is 13.4. The number of rotatable bonds is 2. The van der Waals surface area contributed by atoms with Crippen LogP contribution in [0, 0.1) is 5.92 Å². The molecule has 0 saturated carbocycles. The van der Waals surface area contributed by atoms with Crippen molar-refractivity contribution < 1.29 is 52.0 Å². The molecule has 3 atom stereocenters. The average Bonchev–Trinajstić information content (AvgIpc) is 2.79. The van der Waals surface area contributed by atoms with Crippen molar-refractivity contribution in [2.24, 2.45) is 10.9 Å². The van der Waals surface area contributed by atoms with E-state index in [2.05, 4.69) is 4.99 Å². The first-order chi connectivity index (χ1) is 9.43. The van der Waals surface area contributed by atoms with E-state index in [4.69, 9.17) is 1.37 Å². The predicted molar refractivity (Wildman–Crippen MR) is 68.1 cm³/mol. The Morgan fingerprint density at radius 3 is 2.35 bits per heavy atom. The quantitative estimate of drug-likeness (QED) is 0.744. The van der Waals surface area contributed by atoms with Gasteiger partial charge < -0.3 is 4.79 Å². The van der Waals surface area contributed by atoms with Crippen LogP contribution in [0.5, 0.6) is 0 Å². The largest absolute Gasteiger partial charge is 0.541 e. The third-order valence-corrected chi connectivity index (χ3v) is 2.85. The van der Waals surface area contributed by atoms with Gasteiger partial charge in [-0.25, -0.2) is 0 Å². The number of halogens is 3. The molecular weight excluding hydrogens is 344 g/mol. The molecule has 2 nitrogen and oxygen atoms in total. The van der Waals surface area contributed by atoms with E-state index in [1.165, 1.54) is 30.6 Å². The molecule has 3 unspecified atom stereocenters. The van der Waals surface area contributed by atoms with Gasteiger partial charge in [0.15, 0.2) is 0 Å². The second-order valence-electron chi connectivity index (χ2n) is 3.76. The zero-order chi connectivity index (χ0) is 15.4. The Bertz CT molecular complexity index is 481. The Morgan fingerprint density at radius 1 is 1.35 bits per heavy atom. The van der Waals surface area contributed by atoms with Crippen LogP contribution in [0.15, 0.2) is 35.3 Å². The minimum Gasteiger partial charge on any atom is -0.541 e. The third-order valence-electron chi connectivity index (χ3n) is 2.85. The number of alkyl halides is 3. The summed E-state index contributed by atoms with van der Waals surface area (Å²) in [5.41, 5.74) is -2.63. The molecule has 1 radical (unpaired) electrons. The van der Waals surface area contributed by atoms with Gasteiger partial charge in [-0.1, -0.05) is 50.1 Å². The number of nitrogens with zero attached hydrogens (tertiary/aromatic N) is 1. The average molecular weight is 361 g/mol. The van der Waals surface area contributed by atoms with Crippen molar-refractivity contribution in [1.82, 2.24) is 0 Å². The fraction of sp³-hybridized carbons (Fsp3) is 0.429. The minimum atomic E-state index is -4.70. The van der Waals surface area contributed by atoms with Crippen LogP contribution in [0.1, 0.15) is 20.8 Å². The molecule has 2 rings (SSSR count). The minimum absolute atomic E-state index is 0. The van der Waals surface area contributed by atoms with E-state index in [0.29, 0.717) is 6.21 Å². The van der Waals surface area contributed by atoms with E-state index in [0.717, 1.165) is 0 Å². The van der Waals surface area contributed by atoms with Gasteiger partial charge in [0.2, 0.25) is 0 Å². The summed E-state index contributed by atoms with van der Waals surface area (Å²) in [4.78, 5) is 14.3. The van der Waals surface area contributed by atoms with Crippen LogP contribution >= 0.6 is 0 Å². The van der Waals surface area contributed by atoms with Gasteiger partial charge in [0.05, 0.1) is 0 Å². The molecule has 1 heterocycles. The Labute approximate surface area is 143 Å². The summed E-state index contributed by atoms with van der Waals surface area (Å²) in [6.45, 7) is 2.53. The molecule has 0 fully saturated rings. The second kappa shape index (κ2) is 8.03. The topological polar surface area (TPSA) is 29.4 Å². The number of aliphatic imine (C=N–C) groups is 1. The third kappa shape index (κ3) is 3.37. The van der Waals surface area contributed by atoms with Gasteiger partial charge in [-0.15, -0.1) is 0 Å². The van der Waals surface area contributed by atoms with Gasteiger partial charge in [-0.05, 0) is 5.56 Å². The van der Waals surface area contributed by atoms with E-state index in [1.54, 1.807) is 6.07 Å². The van der Waals surface area contributed by atoms with Crippen LogP contribution in [0.3, 0.4) is 0 Å². The molecule has 1 aliphatic heterocycles. The summed E-state index contributed by atoms with van der Waals surface area (Å²) >= 11 is 0. The van der Waals surface area contributed by atoms with Gasteiger partial charge in [0, 0.05) is 46.8 Å².